The number of amides is 6. The van der Waals surface area contributed by atoms with Gasteiger partial charge in [-0.25, -0.2) is 0 Å². The third-order valence-corrected chi connectivity index (χ3v) is 18.1. The van der Waals surface area contributed by atoms with Crippen LogP contribution in [0.1, 0.15) is 105 Å². The molecular weight excluding hydrogens is 1410 g/mol. The molecule has 10 rings (SSSR count). The first-order chi connectivity index (χ1) is 52.9. The van der Waals surface area contributed by atoms with Crippen LogP contribution in [-0.2, 0) is 61.9 Å². The van der Waals surface area contributed by atoms with Gasteiger partial charge in [0, 0.05) is 99.4 Å². The highest BCUT2D eigenvalue weighted by Gasteiger charge is 2.36. The van der Waals surface area contributed by atoms with Crippen LogP contribution < -0.4 is 44.8 Å². The lowest BCUT2D eigenvalue weighted by molar-refractivity contribution is -0.136. The largest absolute Gasteiger partial charge is 0.493 e. The Morgan fingerprint density at radius 2 is 1.05 bits per heavy atom. The number of nitrogens with zero attached hydrogens (tertiary/aromatic N) is 6. The fourth-order valence-corrected chi connectivity index (χ4v) is 11.9. The van der Waals surface area contributed by atoms with Crippen molar-refractivity contribution in [3.8, 4) is 34.5 Å². The topological polar surface area (TPSA) is 346 Å². The molecule has 588 valence electrons. The number of Topliss-reactive ketones (excluding diaryl/α,β-unsaturated/α-hetero) is 1. The lowest BCUT2D eigenvalue weighted by Crippen LogP contribution is -2.43. The van der Waals surface area contributed by atoms with Crippen LogP contribution in [0.15, 0.2) is 106 Å². The van der Waals surface area contributed by atoms with Crippen LogP contribution in [0.2, 0.25) is 0 Å². The molecule has 0 spiro atoms. The monoisotopic (exact) mass is 1510 g/mol. The normalized spacial score (nSPS) is 16.6. The predicted molar refractivity (Wildman–Crippen MR) is 406 cm³/mol. The van der Waals surface area contributed by atoms with E-state index >= 15 is 0 Å². The Balaban J connectivity index is 0.000000260. The van der Waals surface area contributed by atoms with Gasteiger partial charge in [0.05, 0.1) is 186 Å². The number of fused-ring (bicyclic) bond motifs is 5. The molecular formula is C79H101N9O21. The maximum Gasteiger partial charge on any atom is 0.260 e. The van der Waals surface area contributed by atoms with Gasteiger partial charge in [-0.1, -0.05) is 45.9 Å². The van der Waals surface area contributed by atoms with Crippen molar-refractivity contribution in [1.82, 2.24) is 20.0 Å². The number of anilines is 1. The van der Waals surface area contributed by atoms with E-state index in [2.05, 4.69) is 15.6 Å². The Morgan fingerprint density at radius 1 is 0.578 bits per heavy atom. The lowest BCUT2D eigenvalue weighted by atomic mass is 10.0. The second-order valence-electron chi connectivity index (χ2n) is 26.2. The summed E-state index contributed by atoms with van der Waals surface area (Å²) in [6.07, 6.45) is 12.8. The van der Waals surface area contributed by atoms with Crippen LogP contribution in [-0.4, -0.2) is 245 Å². The molecule has 30 nitrogen and oxygen atoms in total. The molecule has 0 bridgehead atoms. The Kier molecular flexibility index (Phi) is 33.0. The van der Waals surface area contributed by atoms with E-state index in [9.17, 15) is 33.6 Å². The number of imide groups is 1. The number of carbonyl (C=O) groups excluding carboxylic acids is 7. The van der Waals surface area contributed by atoms with Crippen LogP contribution in [0, 0.1) is 11.8 Å². The number of hydrogen-bond donors (Lipinski definition) is 3. The first-order valence-electron chi connectivity index (χ1n) is 36.8. The van der Waals surface area contributed by atoms with Crippen LogP contribution in [0.5, 0.6) is 34.5 Å². The summed E-state index contributed by atoms with van der Waals surface area (Å²) in [6, 6.07) is 19.3. The molecule has 6 aliphatic rings. The molecule has 1 unspecified atom stereocenters. The van der Waals surface area contributed by atoms with E-state index in [0.29, 0.717) is 194 Å². The molecule has 0 aromatic heterocycles. The van der Waals surface area contributed by atoms with Crippen molar-refractivity contribution < 1.29 is 99.9 Å². The highest BCUT2D eigenvalue weighted by atomic mass is 16.7. The van der Waals surface area contributed by atoms with Crippen molar-refractivity contribution in [2.24, 2.45) is 32.5 Å². The van der Waals surface area contributed by atoms with Crippen LogP contribution in [0.4, 0.5) is 17.1 Å². The number of aliphatic imine (C=N–C) groups is 3. The zero-order valence-electron chi connectivity index (χ0n) is 63.1. The lowest BCUT2D eigenvalue weighted by Gasteiger charge is -2.19. The molecule has 4 atom stereocenters. The molecule has 4 aromatic carbocycles. The van der Waals surface area contributed by atoms with E-state index in [1.165, 1.54) is 33.3 Å². The number of benzene rings is 4. The summed E-state index contributed by atoms with van der Waals surface area (Å²) in [7, 11) is 3.07. The number of amidine groups is 1. The Hall–Kier alpha value is -9.92. The summed E-state index contributed by atoms with van der Waals surface area (Å²) in [5.74, 6) is 2.19. The van der Waals surface area contributed by atoms with Crippen molar-refractivity contribution in [1.29, 1.82) is 0 Å². The first kappa shape index (κ1) is 83.1. The summed E-state index contributed by atoms with van der Waals surface area (Å²) in [6.45, 7) is 17.3. The first-order valence-corrected chi connectivity index (χ1v) is 36.8. The molecule has 0 radical (unpaired) electrons. The van der Waals surface area contributed by atoms with Crippen molar-refractivity contribution in [2.75, 3.05) is 158 Å². The maximum absolute atomic E-state index is 13.9. The van der Waals surface area contributed by atoms with Gasteiger partial charge in [0.25, 0.3) is 23.6 Å². The van der Waals surface area contributed by atoms with Crippen LogP contribution >= 0.6 is 0 Å². The van der Waals surface area contributed by atoms with Gasteiger partial charge < -0.3 is 92.5 Å². The van der Waals surface area contributed by atoms with Gasteiger partial charge >= 0.3 is 0 Å². The van der Waals surface area contributed by atoms with Gasteiger partial charge in [-0.15, -0.1) is 0 Å². The zero-order chi connectivity index (χ0) is 77.4. The van der Waals surface area contributed by atoms with Gasteiger partial charge in [0.2, 0.25) is 18.6 Å². The van der Waals surface area contributed by atoms with Crippen molar-refractivity contribution in [3.63, 3.8) is 0 Å². The Bertz CT molecular complexity index is 3930. The fraction of sp³-hybridized carbons (Fsp3) is 0.494. The summed E-state index contributed by atoms with van der Waals surface area (Å²) in [4.78, 5) is 105. The number of rotatable bonds is 46. The van der Waals surface area contributed by atoms with E-state index in [1.807, 2.05) is 82.6 Å². The second kappa shape index (κ2) is 43.3. The maximum atomic E-state index is 13.9. The molecule has 6 aliphatic heterocycles. The number of ketones is 1. The third-order valence-electron chi connectivity index (χ3n) is 18.1. The van der Waals surface area contributed by atoms with E-state index in [1.54, 1.807) is 46.5 Å². The zero-order valence-corrected chi connectivity index (χ0v) is 63.1. The minimum atomic E-state index is -0.462. The summed E-state index contributed by atoms with van der Waals surface area (Å²) < 4.78 is 78.2. The number of methoxy groups -OCH3 is 2. The van der Waals surface area contributed by atoms with Gasteiger partial charge in [-0.2, -0.15) is 0 Å². The van der Waals surface area contributed by atoms with Crippen molar-refractivity contribution in [3.05, 3.63) is 114 Å². The van der Waals surface area contributed by atoms with Gasteiger partial charge in [0.15, 0.2) is 40.3 Å². The molecule has 0 saturated carbocycles. The smallest absolute Gasteiger partial charge is 0.260 e. The summed E-state index contributed by atoms with van der Waals surface area (Å²) in [5, 5.41) is 5.69. The summed E-state index contributed by atoms with van der Waals surface area (Å²) in [5.41, 5.74) is 12.3. The number of hydrogen-bond acceptors (Lipinski definition) is 24. The molecule has 30 heteroatoms. The predicted octanol–water partition coefficient (Wildman–Crippen LogP) is 8.12. The molecule has 0 fully saturated rings. The third kappa shape index (κ3) is 24.8. The van der Waals surface area contributed by atoms with Crippen molar-refractivity contribution in [2.45, 2.75) is 91.3 Å². The standard InChI is InChI=1S/C47H45N5O9.C32H56N4O12/c1-5-27(2)45(53)50-32-10-7-28(8-11-32)30-15-33-22-48-37-20-43(40(56-3)18-35(37)46(54)51(33)24-30)58-13-6-14-59-44-21-38-36(19-41(44)57-4)47(55)52-25-31(16-34(52)23-49-38)29-9-12-39-42(17-29)61-26-60-39;1-26(2)32(27(3)37)35-29(38)7-10-41-12-14-43-16-18-45-20-22-47-24-25-48-23-21-46-19-17-44-15-13-42-11-8-34-28(33)6-9-36-30(39)4-5-31(36)40/h7-12,17-25,27,33-34H,5-6,13-16,26H2,1-4H3,(H,50,53);4-5,26,32H,6-25H2,1-3H3,(H2,33,34)(H,35,38)/t27-,33+,34+;/m1./s1. The van der Waals surface area contributed by atoms with E-state index in [0.717, 1.165) is 39.3 Å². The van der Waals surface area contributed by atoms with Gasteiger partial charge in [-0.3, -0.25) is 53.4 Å². The van der Waals surface area contributed by atoms with Gasteiger partial charge in [-0.05, 0) is 77.9 Å². The van der Waals surface area contributed by atoms with E-state index in [-0.39, 0.29) is 105 Å². The number of ether oxygens (including phenoxy) is 14. The summed E-state index contributed by atoms with van der Waals surface area (Å²) >= 11 is 0. The Morgan fingerprint density at radius 3 is 1.52 bits per heavy atom. The van der Waals surface area contributed by atoms with E-state index < -0.39 is 6.04 Å². The van der Waals surface area contributed by atoms with Gasteiger partial charge in [0.1, 0.15) is 0 Å². The molecule has 4 N–H and O–H groups in total. The highest BCUT2D eigenvalue weighted by Crippen LogP contribution is 2.43. The average Bonchev–Trinajstić information content (AvgIpc) is 1.65. The average molecular weight is 1510 g/mol. The molecule has 6 heterocycles. The minimum Gasteiger partial charge on any atom is -0.493 e. The van der Waals surface area contributed by atoms with Crippen LogP contribution in [0.25, 0.3) is 11.1 Å². The molecule has 109 heavy (non-hydrogen) atoms. The highest BCUT2D eigenvalue weighted by molar-refractivity contribution is 6.13. The van der Waals surface area contributed by atoms with E-state index in [4.69, 9.17) is 82.0 Å². The molecule has 0 saturated heterocycles. The molecule has 0 aliphatic carbocycles. The molecule has 6 amide bonds. The minimum absolute atomic E-state index is 0.00943. The second-order valence-corrected chi connectivity index (χ2v) is 26.2. The SMILES string of the molecule is CC(=O)C(NC(=O)CCOCCOCCOCCOCCOCCOCCOCCOCCN=C(N)CCN1C(=O)C=CC1=O)C(C)C.CC[C@@H](C)C(=O)Nc1ccc(C2=CN3C(=O)c4cc(OC)c(OCCCOc5cc6c(cc5OC)C(=O)N5C=C(c7ccc8c(c7)OCO8)C[C@H]5C=N6)cc4N=C[C@@H]3C2)cc1. The number of carbonyl (C=O) groups is 7. The Labute approximate surface area is 635 Å². The number of nitrogens with one attached hydrogen (secondary N) is 2. The molecule has 4 aromatic rings. The van der Waals surface area contributed by atoms with Crippen molar-refractivity contribution >= 4 is 87.7 Å². The van der Waals surface area contributed by atoms with Crippen LogP contribution in [0.3, 0.4) is 0 Å². The quantitative estimate of drug-likeness (QED) is 0.0163. The fourth-order valence-electron chi connectivity index (χ4n) is 11.9. The number of nitrogens with two attached hydrogens (primary N) is 1.